The summed E-state index contributed by atoms with van der Waals surface area (Å²) in [5.74, 6) is 3.36. The highest BCUT2D eigenvalue weighted by molar-refractivity contribution is 5.44. The molecule has 2 aliphatic rings. The molecule has 6 heteroatoms. The van der Waals surface area contributed by atoms with Gasteiger partial charge in [0.1, 0.15) is 11.6 Å². The third-order valence-corrected chi connectivity index (χ3v) is 6.90. The van der Waals surface area contributed by atoms with Crippen LogP contribution in [-0.4, -0.2) is 51.8 Å². The molecular weight excluding hydrogens is 388 g/mol. The topological polar surface area (TPSA) is 70.5 Å². The molecule has 2 heterocycles. The minimum absolute atomic E-state index is 0.0395. The standard InChI is InChI=1S/C25H36N4O2/c1-5-31-24-8-17(4)18(9-21(24)16(2)3)13-29-14-19-10-22(23(30)11-20(19)15-29)28-25-12-26-6-7-27-25/h6-9,12,16,19-20,22-23,30H,5,10-11,13-15H2,1-4H3,(H,27,28)/t19-,20+,22-,23-/m1/s1. The lowest BCUT2D eigenvalue weighted by Crippen LogP contribution is -2.43. The van der Waals surface area contributed by atoms with Crippen LogP contribution >= 0.6 is 0 Å². The number of aryl methyl sites for hydroxylation is 1. The predicted octanol–water partition coefficient (Wildman–Crippen LogP) is 3.99. The lowest BCUT2D eigenvalue weighted by atomic mass is 9.77. The van der Waals surface area contributed by atoms with Crippen molar-refractivity contribution in [3.05, 3.63) is 47.4 Å². The number of aliphatic hydroxyl groups excluding tert-OH is 1. The largest absolute Gasteiger partial charge is 0.494 e. The highest BCUT2D eigenvalue weighted by atomic mass is 16.5. The van der Waals surface area contributed by atoms with Gasteiger partial charge in [-0.2, -0.15) is 0 Å². The van der Waals surface area contributed by atoms with Crippen LogP contribution in [0.5, 0.6) is 5.75 Å². The van der Waals surface area contributed by atoms with Gasteiger partial charge in [0, 0.05) is 32.0 Å². The van der Waals surface area contributed by atoms with Crippen molar-refractivity contribution in [2.45, 2.75) is 65.1 Å². The molecular formula is C25H36N4O2. The van der Waals surface area contributed by atoms with Crippen LogP contribution in [0.1, 0.15) is 56.2 Å². The maximum Gasteiger partial charge on any atom is 0.144 e. The van der Waals surface area contributed by atoms with Crippen molar-refractivity contribution in [2.24, 2.45) is 11.8 Å². The quantitative estimate of drug-likeness (QED) is 0.700. The molecule has 1 saturated heterocycles. The van der Waals surface area contributed by atoms with E-state index in [9.17, 15) is 5.11 Å². The van der Waals surface area contributed by atoms with Crippen LogP contribution in [0.2, 0.25) is 0 Å². The highest BCUT2D eigenvalue weighted by Crippen LogP contribution is 2.38. The highest BCUT2D eigenvalue weighted by Gasteiger charge is 2.41. The summed E-state index contributed by atoms with van der Waals surface area (Å²) in [6.45, 7) is 12.5. The molecule has 6 nitrogen and oxygen atoms in total. The molecule has 4 rings (SSSR count). The summed E-state index contributed by atoms with van der Waals surface area (Å²) in [5, 5.41) is 14.1. The van der Waals surface area contributed by atoms with Crippen molar-refractivity contribution in [3.63, 3.8) is 0 Å². The molecule has 1 aromatic heterocycles. The van der Waals surface area contributed by atoms with Crippen molar-refractivity contribution < 1.29 is 9.84 Å². The molecule has 0 unspecified atom stereocenters. The average Bonchev–Trinajstić information content (AvgIpc) is 3.12. The van der Waals surface area contributed by atoms with Crippen LogP contribution in [0.3, 0.4) is 0 Å². The van der Waals surface area contributed by atoms with Crippen LogP contribution in [0.25, 0.3) is 0 Å². The zero-order chi connectivity index (χ0) is 22.0. The SMILES string of the molecule is CCOc1cc(C)c(CN2C[C@H]3C[C@@H](Nc4cnccn4)[C@H](O)C[C@H]3C2)cc1C(C)C. The fraction of sp³-hybridized carbons (Fsp3) is 0.600. The maximum atomic E-state index is 10.7. The summed E-state index contributed by atoms with van der Waals surface area (Å²) >= 11 is 0. The number of nitrogens with zero attached hydrogens (tertiary/aromatic N) is 3. The second kappa shape index (κ2) is 9.53. The number of rotatable bonds is 7. The first-order valence-corrected chi connectivity index (χ1v) is 11.6. The first-order chi connectivity index (χ1) is 14.9. The van der Waals surface area contributed by atoms with Gasteiger partial charge in [-0.25, -0.2) is 4.98 Å². The monoisotopic (exact) mass is 424 g/mol. The summed E-state index contributed by atoms with van der Waals surface area (Å²) < 4.78 is 5.90. The molecule has 1 aliphatic heterocycles. The number of likely N-dealkylation sites (tertiary alicyclic amines) is 1. The van der Waals surface area contributed by atoms with Gasteiger partial charge in [-0.05, 0) is 67.2 Å². The zero-order valence-corrected chi connectivity index (χ0v) is 19.2. The summed E-state index contributed by atoms with van der Waals surface area (Å²) in [6.07, 6.45) is 6.55. The summed E-state index contributed by atoms with van der Waals surface area (Å²) in [5.41, 5.74) is 3.98. The van der Waals surface area contributed by atoms with Crippen LogP contribution < -0.4 is 10.1 Å². The lowest BCUT2D eigenvalue weighted by Gasteiger charge is -2.35. The van der Waals surface area contributed by atoms with E-state index >= 15 is 0 Å². The predicted molar refractivity (Wildman–Crippen MR) is 123 cm³/mol. The Morgan fingerprint density at radius 3 is 2.65 bits per heavy atom. The number of hydrogen-bond donors (Lipinski definition) is 2. The molecule has 2 fully saturated rings. The summed E-state index contributed by atoms with van der Waals surface area (Å²) in [7, 11) is 0. The number of hydrogen-bond acceptors (Lipinski definition) is 6. The van der Waals surface area contributed by atoms with Gasteiger partial charge in [0.2, 0.25) is 0 Å². The second-order valence-electron chi connectivity index (χ2n) is 9.50. The van der Waals surface area contributed by atoms with Gasteiger partial charge in [0.05, 0.1) is 24.9 Å². The Morgan fingerprint density at radius 2 is 1.97 bits per heavy atom. The molecule has 1 aromatic carbocycles. The Kier molecular flexibility index (Phi) is 6.77. The van der Waals surface area contributed by atoms with Crippen molar-refractivity contribution in [2.75, 3.05) is 25.0 Å². The molecule has 0 bridgehead atoms. The number of nitrogens with one attached hydrogen (secondary N) is 1. The minimum Gasteiger partial charge on any atom is -0.494 e. The number of benzene rings is 1. The van der Waals surface area contributed by atoms with E-state index in [4.69, 9.17) is 4.74 Å². The zero-order valence-electron chi connectivity index (χ0n) is 19.2. The molecule has 0 radical (unpaired) electrons. The molecule has 1 saturated carbocycles. The minimum atomic E-state index is -0.344. The van der Waals surface area contributed by atoms with Gasteiger partial charge in [0.15, 0.2) is 0 Å². The van der Waals surface area contributed by atoms with E-state index in [1.807, 2.05) is 6.92 Å². The smallest absolute Gasteiger partial charge is 0.144 e. The van der Waals surface area contributed by atoms with E-state index < -0.39 is 0 Å². The first-order valence-electron chi connectivity index (χ1n) is 11.6. The fourth-order valence-corrected chi connectivity index (χ4v) is 5.26. The molecule has 2 N–H and O–H groups in total. The van der Waals surface area contributed by atoms with E-state index in [1.165, 1.54) is 16.7 Å². The Balaban J connectivity index is 1.43. The molecule has 2 aromatic rings. The van der Waals surface area contributed by atoms with Gasteiger partial charge in [-0.3, -0.25) is 9.88 Å². The number of aliphatic hydroxyl groups is 1. The third-order valence-electron chi connectivity index (χ3n) is 6.90. The Labute approximate surface area is 186 Å². The van der Waals surface area contributed by atoms with Crippen molar-refractivity contribution in [3.8, 4) is 5.75 Å². The van der Waals surface area contributed by atoms with E-state index in [2.05, 4.69) is 53.1 Å². The number of ether oxygens (including phenoxy) is 1. The molecule has 168 valence electrons. The van der Waals surface area contributed by atoms with Crippen LogP contribution in [-0.2, 0) is 6.54 Å². The molecule has 31 heavy (non-hydrogen) atoms. The molecule has 0 amide bonds. The van der Waals surface area contributed by atoms with E-state index in [-0.39, 0.29) is 12.1 Å². The van der Waals surface area contributed by atoms with Crippen LogP contribution in [0.15, 0.2) is 30.7 Å². The molecule has 1 aliphatic carbocycles. The number of aromatic nitrogens is 2. The van der Waals surface area contributed by atoms with E-state index in [1.54, 1.807) is 18.6 Å². The third kappa shape index (κ3) is 5.01. The van der Waals surface area contributed by atoms with Gasteiger partial charge < -0.3 is 15.2 Å². The lowest BCUT2D eigenvalue weighted by molar-refractivity contribution is 0.0735. The maximum absolute atomic E-state index is 10.7. The number of fused-ring (bicyclic) bond motifs is 1. The Bertz CT molecular complexity index is 873. The van der Waals surface area contributed by atoms with Gasteiger partial charge >= 0.3 is 0 Å². The average molecular weight is 425 g/mol. The Morgan fingerprint density at radius 1 is 1.19 bits per heavy atom. The molecule has 0 spiro atoms. The summed E-state index contributed by atoms with van der Waals surface area (Å²) in [6, 6.07) is 4.60. The second-order valence-corrected chi connectivity index (χ2v) is 9.50. The van der Waals surface area contributed by atoms with Crippen LogP contribution in [0, 0.1) is 18.8 Å². The van der Waals surface area contributed by atoms with Crippen molar-refractivity contribution >= 4 is 5.82 Å². The van der Waals surface area contributed by atoms with Gasteiger partial charge in [0.25, 0.3) is 0 Å². The normalized spacial score (nSPS) is 26.1. The van der Waals surface area contributed by atoms with Crippen molar-refractivity contribution in [1.82, 2.24) is 14.9 Å². The Hall–Kier alpha value is -2.18. The van der Waals surface area contributed by atoms with E-state index in [0.29, 0.717) is 24.4 Å². The fourth-order valence-electron chi connectivity index (χ4n) is 5.26. The summed E-state index contributed by atoms with van der Waals surface area (Å²) in [4.78, 5) is 11.0. The van der Waals surface area contributed by atoms with Crippen LogP contribution in [0.4, 0.5) is 5.82 Å². The first kappa shape index (κ1) is 22.0. The van der Waals surface area contributed by atoms with Crippen molar-refractivity contribution in [1.29, 1.82) is 0 Å². The van der Waals surface area contributed by atoms with E-state index in [0.717, 1.165) is 44.0 Å². The van der Waals surface area contributed by atoms with Gasteiger partial charge in [-0.15, -0.1) is 0 Å². The van der Waals surface area contributed by atoms with Gasteiger partial charge in [-0.1, -0.05) is 19.9 Å². The number of anilines is 1. The molecule has 4 atom stereocenters.